The summed E-state index contributed by atoms with van der Waals surface area (Å²) >= 11 is 0. The molecule has 0 amide bonds. The molecule has 3 rings (SSSR count). The fourth-order valence-electron chi connectivity index (χ4n) is 4.78. The number of hydrogen-bond donors (Lipinski definition) is 2. The highest BCUT2D eigenvalue weighted by molar-refractivity contribution is 7.39. The third kappa shape index (κ3) is 5.54. The molecule has 3 nitrogen and oxygen atoms in total. The molecule has 0 aliphatic carbocycles. The van der Waals surface area contributed by atoms with Gasteiger partial charge in [0.2, 0.25) is 0 Å². The molecule has 0 spiro atoms. The fourth-order valence-corrected chi connectivity index (χ4v) is 5.17. The standard InChI is InChI=1S/C30H39O3P/c1-19-15-16-23(24(17-19)21(3)22-13-11-10-12-14-22)26-25(29(4,5)6)18-20(2)28(33-34(31)32)27(26)30(7,8)9/h10-18,21,31-32H,1-9H3. The maximum absolute atomic E-state index is 9.84. The Labute approximate surface area is 206 Å². The van der Waals surface area contributed by atoms with Gasteiger partial charge < -0.3 is 14.3 Å². The minimum absolute atomic E-state index is 0.125. The molecule has 0 saturated carbocycles. The number of benzene rings is 3. The van der Waals surface area contributed by atoms with Crippen LogP contribution in [-0.4, -0.2) is 9.79 Å². The number of rotatable bonds is 5. The van der Waals surface area contributed by atoms with Gasteiger partial charge in [-0.3, -0.25) is 0 Å². The summed E-state index contributed by atoms with van der Waals surface area (Å²) < 4.78 is 5.72. The van der Waals surface area contributed by atoms with Crippen molar-refractivity contribution in [1.82, 2.24) is 0 Å². The molecule has 182 valence electrons. The highest BCUT2D eigenvalue weighted by atomic mass is 31.2. The molecule has 0 fully saturated rings. The highest BCUT2D eigenvalue weighted by Crippen LogP contribution is 2.50. The first kappa shape index (κ1) is 26.4. The third-order valence-electron chi connectivity index (χ3n) is 6.44. The van der Waals surface area contributed by atoms with Gasteiger partial charge in [-0.05, 0) is 58.1 Å². The van der Waals surface area contributed by atoms with Crippen molar-refractivity contribution in [2.24, 2.45) is 0 Å². The van der Waals surface area contributed by atoms with Crippen LogP contribution in [0.1, 0.15) is 87.8 Å². The lowest BCUT2D eigenvalue weighted by molar-refractivity contribution is 0.368. The topological polar surface area (TPSA) is 49.7 Å². The van der Waals surface area contributed by atoms with E-state index in [-0.39, 0.29) is 16.7 Å². The molecule has 0 bridgehead atoms. The molecule has 0 aromatic heterocycles. The Kier molecular flexibility index (Phi) is 7.63. The maximum Gasteiger partial charge on any atom is 0.391 e. The summed E-state index contributed by atoms with van der Waals surface area (Å²) in [6.45, 7) is 19.6. The molecule has 34 heavy (non-hydrogen) atoms. The summed E-state index contributed by atoms with van der Waals surface area (Å²) in [5.74, 6) is 0.765. The molecular formula is C30H39O3P. The van der Waals surface area contributed by atoms with Crippen LogP contribution >= 0.6 is 8.60 Å². The van der Waals surface area contributed by atoms with E-state index in [1.807, 2.05) is 13.0 Å². The van der Waals surface area contributed by atoms with E-state index in [0.717, 1.165) is 16.7 Å². The molecule has 0 saturated heterocycles. The second kappa shape index (κ2) is 9.82. The van der Waals surface area contributed by atoms with E-state index in [4.69, 9.17) is 4.52 Å². The zero-order valence-electron chi connectivity index (χ0n) is 22.0. The molecular weight excluding hydrogens is 439 g/mol. The lowest BCUT2D eigenvalue weighted by Crippen LogP contribution is -2.21. The van der Waals surface area contributed by atoms with Gasteiger partial charge in [0.05, 0.1) is 0 Å². The molecule has 1 unspecified atom stereocenters. The predicted molar refractivity (Wildman–Crippen MR) is 145 cm³/mol. The van der Waals surface area contributed by atoms with Gasteiger partial charge in [-0.15, -0.1) is 0 Å². The molecule has 0 aliphatic heterocycles. The molecule has 0 heterocycles. The Morgan fingerprint density at radius 1 is 0.824 bits per heavy atom. The van der Waals surface area contributed by atoms with Gasteiger partial charge in [0.1, 0.15) is 5.75 Å². The summed E-state index contributed by atoms with van der Waals surface area (Å²) in [6, 6.07) is 19.4. The van der Waals surface area contributed by atoms with Crippen molar-refractivity contribution in [3.05, 3.63) is 88.0 Å². The smallest absolute Gasteiger partial charge is 0.391 e. The Balaban J connectivity index is 2.48. The van der Waals surface area contributed by atoms with Crippen molar-refractivity contribution in [3.63, 3.8) is 0 Å². The van der Waals surface area contributed by atoms with Gasteiger partial charge in [-0.25, -0.2) is 0 Å². The fraction of sp³-hybridized carbons (Fsp3) is 0.400. The Morgan fingerprint density at radius 2 is 1.44 bits per heavy atom. The van der Waals surface area contributed by atoms with Crippen LogP contribution in [0.2, 0.25) is 0 Å². The van der Waals surface area contributed by atoms with Crippen LogP contribution in [0.15, 0.2) is 54.6 Å². The minimum atomic E-state index is -2.54. The van der Waals surface area contributed by atoms with Crippen molar-refractivity contribution in [3.8, 4) is 16.9 Å². The van der Waals surface area contributed by atoms with Gasteiger partial charge in [-0.2, -0.15) is 0 Å². The van der Waals surface area contributed by atoms with E-state index in [2.05, 4.69) is 104 Å². The molecule has 2 N–H and O–H groups in total. The Morgan fingerprint density at radius 3 is 1.97 bits per heavy atom. The summed E-state index contributed by atoms with van der Waals surface area (Å²) in [7, 11) is -2.54. The number of hydrogen-bond acceptors (Lipinski definition) is 3. The van der Waals surface area contributed by atoms with E-state index in [9.17, 15) is 9.79 Å². The molecule has 3 aromatic carbocycles. The van der Waals surface area contributed by atoms with Gasteiger partial charge in [0.15, 0.2) is 0 Å². The average Bonchev–Trinajstić information content (AvgIpc) is 2.73. The molecule has 4 heteroatoms. The van der Waals surface area contributed by atoms with Crippen molar-refractivity contribution < 1.29 is 14.3 Å². The monoisotopic (exact) mass is 478 g/mol. The number of aryl methyl sites for hydroxylation is 2. The quantitative estimate of drug-likeness (QED) is 0.363. The van der Waals surface area contributed by atoms with E-state index in [1.54, 1.807) is 0 Å². The Bertz CT molecular complexity index is 1150. The molecule has 0 aliphatic rings. The van der Waals surface area contributed by atoms with Crippen molar-refractivity contribution >= 4 is 8.60 Å². The average molecular weight is 479 g/mol. The van der Waals surface area contributed by atoms with Crippen LogP contribution in [0, 0.1) is 13.8 Å². The normalized spacial score (nSPS) is 13.3. The van der Waals surface area contributed by atoms with E-state index >= 15 is 0 Å². The van der Waals surface area contributed by atoms with Crippen molar-refractivity contribution in [1.29, 1.82) is 0 Å². The van der Waals surface area contributed by atoms with Crippen LogP contribution in [0.5, 0.6) is 5.75 Å². The van der Waals surface area contributed by atoms with Crippen molar-refractivity contribution in [2.75, 3.05) is 0 Å². The van der Waals surface area contributed by atoms with Gasteiger partial charge in [-0.1, -0.05) is 109 Å². The SMILES string of the molecule is Cc1ccc(-c2c(C(C)(C)C)cc(C)c(OP(O)O)c2C(C)(C)C)c(C(C)c2ccccc2)c1. The van der Waals surface area contributed by atoms with Crippen LogP contribution in [0.3, 0.4) is 0 Å². The second-order valence-electron chi connectivity index (χ2n) is 11.4. The zero-order chi connectivity index (χ0) is 25.4. The summed E-state index contributed by atoms with van der Waals surface area (Å²) in [4.78, 5) is 19.7. The van der Waals surface area contributed by atoms with Crippen LogP contribution in [-0.2, 0) is 10.8 Å². The molecule has 1 atom stereocenters. The van der Waals surface area contributed by atoms with Crippen molar-refractivity contribution in [2.45, 2.75) is 79.1 Å². The first-order chi connectivity index (χ1) is 15.7. The first-order valence-corrected chi connectivity index (χ1v) is 13.1. The zero-order valence-corrected chi connectivity index (χ0v) is 22.9. The van der Waals surface area contributed by atoms with Gasteiger partial charge >= 0.3 is 8.60 Å². The summed E-state index contributed by atoms with van der Waals surface area (Å²) in [6.07, 6.45) is 0. The van der Waals surface area contributed by atoms with Gasteiger partial charge in [0.25, 0.3) is 0 Å². The summed E-state index contributed by atoms with van der Waals surface area (Å²) in [5.41, 5.74) is 8.78. The van der Waals surface area contributed by atoms with Gasteiger partial charge in [0, 0.05) is 11.5 Å². The largest absolute Gasteiger partial charge is 0.426 e. The lowest BCUT2D eigenvalue weighted by Gasteiger charge is -2.34. The maximum atomic E-state index is 9.84. The van der Waals surface area contributed by atoms with Crippen LogP contribution < -0.4 is 4.52 Å². The highest BCUT2D eigenvalue weighted by Gasteiger charge is 2.33. The van der Waals surface area contributed by atoms with E-state index < -0.39 is 8.60 Å². The summed E-state index contributed by atoms with van der Waals surface area (Å²) in [5, 5.41) is 0. The second-order valence-corrected chi connectivity index (χ2v) is 12.1. The van der Waals surface area contributed by atoms with E-state index in [1.165, 1.54) is 27.8 Å². The third-order valence-corrected chi connectivity index (χ3v) is 6.78. The Hall–Kier alpha value is -2.19. The first-order valence-electron chi connectivity index (χ1n) is 11.9. The predicted octanol–water partition coefficient (Wildman–Crippen LogP) is 8.31. The van der Waals surface area contributed by atoms with E-state index in [0.29, 0.717) is 5.75 Å². The van der Waals surface area contributed by atoms with Crippen LogP contribution in [0.4, 0.5) is 0 Å². The van der Waals surface area contributed by atoms with Crippen LogP contribution in [0.25, 0.3) is 11.1 Å². The molecule has 3 aromatic rings. The minimum Gasteiger partial charge on any atom is -0.426 e. The lowest BCUT2D eigenvalue weighted by atomic mass is 9.71. The molecule has 0 radical (unpaired) electrons.